The zero-order valence-electron chi connectivity index (χ0n) is 10.8. The molecule has 0 spiro atoms. The molecule has 0 saturated heterocycles. The van der Waals surface area contributed by atoms with Crippen LogP contribution in [0, 0.1) is 5.92 Å². The van der Waals surface area contributed by atoms with Gasteiger partial charge in [-0.3, -0.25) is 0 Å². The van der Waals surface area contributed by atoms with Crippen molar-refractivity contribution in [3.8, 4) is 5.75 Å². The normalized spacial score (nSPS) is 29.0. The molecule has 1 aromatic rings. The average molecular weight is 234 g/mol. The molecule has 1 aromatic carbocycles. The van der Waals surface area contributed by atoms with Gasteiger partial charge >= 0.3 is 0 Å². The van der Waals surface area contributed by atoms with Gasteiger partial charge < -0.3 is 9.84 Å². The lowest BCUT2D eigenvalue weighted by molar-refractivity contribution is -0.0147. The summed E-state index contributed by atoms with van der Waals surface area (Å²) in [6, 6.07) is 7.85. The predicted octanol–water partition coefficient (Wildman–Crippen LogP) is 3.48. The van der Waals surface area contributed by atoms with Crippen molar-refractivity contribution in [2.45, 2.75) is 44.6 Å². The van der Waals surface area contributed by atoms with Crippen LogP contribution in [0.2, 0.25) is 0 Å². The second-order valence-corrected chi connectivity index (χ2v) is 5.12. The number of benzene rings is 1. The Balaban J connectivity index is 2.15. The first-order valence-corrected chi connectivity index (χ1v) is 6.55. The molecule has 0 unspecified atom stereocenters. The lowest BCUT2D eigenvalue weighted by atomic mass is 9.74. The molecule has 94 valence electrons. The highest BCUT2D eigenvalue weighted by Gasteiger charge is 2.34. The molecular weight excluding hydrogens is 212 g/mol. The SMILES string of the molecule is CCC1CCC(O)(c2cccc(OC)c2)CC1. The zero-order chi connectivity index (χ0) is 12.3. The molecule has 0 heterocycles. The van der Waals surface area contributed by atoms with Crippen LogP contribution in [-0.2, 0) is 5.60 Å². The van der Waals surface area contributed by atoms with Gasteiger partial charge in [0.1, 0.15) is 5.75 Å². The van der Waals surface area contributed by atoms with E-state index in [1.165, 1.54) is 6.42 Å². The summed E-state index contributed by atoms with van der Waals surface area (Å²) in [5.41, 5.74) is 0.367. The topological polar surface area (TPSA) is 29.5 Å². The zero-order valence-corrected chi connectivity index (χ0v) is 10.8. The smallest absolute Gasteiger partial charge is 0.119 e. The standard InChI is InChI=1S/C15H22O2/c1-3-12-7-9-15(16,10-8-12)13-5-4-6-14(11-13)17-2/h4-6,11-12,16H,3,7-10H2,1-2H3. The molecule has 2 heteroatoms. The summed E-state index contributed by atoms with van der Waals surface area (Å²) in [4.78, 5) is 0. The van der Waals surface area contributed by atoms with Gasteiger partial charge in [0, 0.05) is 0 Å². The summed E-state index contributed by atoms with van der Waals surface area (Å²) in [5.74, 6) is 1.62. The Kier molecular flexibility index (Phi) is 3.72. The molecule has 0 aliphatic heterocycles. The molecule has 0 radical (unpaired) electrons. The predicted molar refractivity (Wildman–Crippen MR) is 69.1 cm³/mol. The Labute approximate surface area is 104 Å². The van der Waals surface area contributed by atoms with Gasteiger partial charge in [-0.05, 0) is 49.3 Å². The minimum atomic E-state index is -0.639. The molecule has 1 saturated carbocycles. The van der Waals surface area contributed by atoms with Gasteiger partial charge in [-0.15, -0.1) is 0 Å². The first kappa shape index (κ1) is 12.4. The Bertz CT molecular complexity index is 365. The van der Waals surface area contributed by atoms with Crippen molar-refractivity contribution in [1.82, 2.24) is 0 Å². The van der Waals surface area contributed by atoms with Gasteiger partial charge in [0.25, 0.3) is 0 Å². The molecule has 1 aliphatic carbocycles. The minimum Gasteiger partial charge on any atom is -0.497 e. The molecule has 0 aromatic heterocycles. The van der Waals surface area contributed by atoms with Gasteiger partial charge in [-0.1, -0.05) is 25.5 Å². The minimum absolute atomic E-state index is 0.639. The second kappa shape index (κ2) is 5.09. The number of hydrogen-bond donors (Lipinski definition) is 1. The van der Waals surface area contributed by atoms with E-state index in [1.807, 2.05) is 24.3 Å². The Morgan fingerprint density at radius 3 is 2.65 bits per heavy atom. The molecule has 2 nitrogen and oxygen atoms in total. The van der Waals surface area contributed by atoms with E-state index in [9.17, 15) is 5.11 Å². The molecular formula is C15H22O2. The molecule has 1 fully saturated rings. The third kappa shape index (κ3) is 2.63. The summed E-state index contributed by atoms with van der Waals surface area (Å²) in [6.45, 7) is 2.24. The number of ether oxygens (including phenoxy) is 1. The molecule has 0 amide bonds. The van der Waals surface area contributed by atoms with Crippen LogP contribution in [0.1, 0.15) is 44.6 Å². The van der Waals surface area contributed by atoms with E-state index in [1.54, 1.807) is 7.11 Å². The Morgan fingerprint density at radius 2 is 2.06 bits per heavy atom. The van der Waals surface area contributed by atoms with Crippen LogP contribution >= 0.6 is 0 Å². The molecule has 1 aliphatic rings. The second-order valence-electron chi connectivity index (χ2n) is 5.12. The first-order valence-electron chi connectivity index (χ1n) is 6.55. The summed E-state index contributed by atoms with van der Waals surface area (Å²) in [5, 5.41) is 10.7. The maximum absolute atomic E-state index is 10.7. The van der Waals surface area contributed by atoms with Gasteiger partial charge in [0.05, 0.1) is 12.7 Å². The van der Waals surface area contributed by atoms with Crippen molar-refractivity contribution in [3.63, 3.8) is 0 Å². The van der Waals surface area contributed by atoms with E-state index in [-0.39, 0.29) is 0 Å². The number of methoxy groups -OCH3 is 1. The van der Waals surface area contributed by atoms with Crippen LogP contribution in [0.25, 0.3) is 0 Å². The van der Waals surface area contributed by atoms with Crippen LogP contribution in [0.4, 0.5) is 0 Å². The van der Waals surface area contributed by atoms with Crippen molar-refractivity contribution >= 4 is 0 Å². The van der Waals surface area contributed by atoms with Crippen LogP contribution in [-0.4, -0.2) is 12.2 Å². The van der Waals surface area contributed by atoms with E-state index < -0.39 is 5.60 Å². The number of aliphatic hydroxyl groups is 1. The summed E-state index contributed by atoms with van der Waals surface area (Å²) in [7, 11) is 1.66. The summed E-state index contributed by atoms with van der Waals surface area (Å²) < 4.78 is 5.22. The highest BCUT2D eigenvalue weighted by Crippen LogP contribution is 2.41. The van der Waals surface area contributed by atoms with E-state index >= 15 is 0 Å². The summed E-state index contributed by atoms with van der Waals surface area (Å²) >= 11 is 0. The maximum atomic E-state index is 10.7. The van der Waals surface area contributed by atoms with Gasteiger partial charge in [-0.25, -0.2) is 0 Å². The Morgan fingerprint density at radius 1 is 1.35 bits per heavy atom. The first-order chi connectivity index (χ1) is 8.18. The Hall–Kier alpha value is -1.02. The van der Waals surface area contributed by atoms with Crippen molar-refractivity contribution in [2.24, 2.45) is 5.92 Å². The van der Waals surface area contributed by atoms with Crippen LogP contribution < -0.4 is 4.74 Å². The maximum Gasteiger partial charge on any atom is 0.119 e. The van der Waals surface area contributed by atoms with Crippen LogP contribution in [0.3, 0.4) is 0 Å². The average Bonchev–Trinajstić information content (AvgIpc) is 2.40. The van der Waals surface area contributed by atoms with Crippen LogP contribution in [0.15, 0.2) is 24.3 Å². The van der Waals surface area contributed by atoms with E-state index in [0.29, 0.717) is 0 Å². The fraction of sp³-hybridized carbons (Fsp3) is 0.600. The fourth-order valence-corrected chi connectivity index (χ4v) is 2.76. The fourth-order valence-electron chi connectivity index (χ4n) is 2.76. The van der Waals surface area contributed by atoms with Crippen LogP contribution in [0.5, 0.6) is 5.75 Å². The lowest BCUT2D eigenvalue weighted by Crippen LogP contribution is -2.31. The van der Waals surface area contributed by atoms with Crippen molar-refractivity contribution < 1.29 is 9.84 Å². The van der Waals surface area contributed by atoms with Crippen molar-refractivity contribution in [2.75, 3.05) is 7.11 Å². The largest absolute Gasteiger partial charge is 0.497 e. The molecule has 17 heavy (non-hydrogen) atoms. The van der Waals surface area contributed by atoms with Crippen molar-refractivity contribution in [3.05, 3.63) is 29.8 Å². The molecule has 0 bridgehead atoms. The molecule has 2 rings (SSSR count). The monoisotopic (exact) mass is 234 g/mol. The number of hydrogen-bond acceptors (Lipinski definition) is 2. The molecule has 1 N–H and O–H groups in total. The number of rotatable bonds is 3. The van der Waals surface area contributed by atoms with Gasteiger partial charge in [0.2, 0.25) is 0 Å². The van der Waals surface area contributed by atoms with Crippen molar-refractivity contribution in [1.29, 1.82) is 0 Å². The van der Waals surface area contributed by atoms with E-state index in [2.05, 4.69) is 6.92 Å². The lowest BCUT2D eigenvalue weighted by Gasteiger charge is -2.36. The third-order valence-electron chi connectivity index (χ3n) is 4.12. The van der Waals surface area contributed by atoms with Gasteiger partial charge in [-0.2, -0.15) is 0 Å². The van der Waals surface area contributed by atoms with E-state index in [0.717, 1.165) is 42.9 Å². The highest BCUT2D eigenvalue weighted by atomic mass is 16.5. The quantitative estimate of drug-likeness (QED) is 0.867. The highest BCUT2D eigenvalue weighted by molar-refractivity contribution is 5.32. The third-order valence-corrected chi connectivity index (χ3v) is 4.12. The molecule has 0 atom stereocenters. The van der Waals surface area contributed by atoms with E-state index in [4.69, 9.17) is 4.74 Å². The van der Waals surface area contributed by atoms with Gasteiger partial charge in [0.15, 0.2) is 0 Å². The summed E-state index contributed by atoms with van der Waals surface area (Å²) in [6.07, 6.45) is 5.24.